The number of urea groups is 1. The van der Waals surface area contributed by atoms with Gasteiger partial charge in [-0.05, 0) is 36.8 Å². The molecule has 2 aromatic carbocycles. The number of carbonyl (C=O) groups is 1. The third kappa shape index (κ3) is 2.65. The molecule has 0 aliphatic rings. The topological polar surface area (TPSA) is 66.9 Å². The molecule has 0 atom stereocenters. The van der Waals surface area contributed by atoms with Crippen LogP contribution in [0, 0.1) is 0 Å². The Morgan fingerprint density at radius 2 is 1.92 bits per heavy atom. The highest BCUT2D eigenvalue weighted by molar-refractivity contribution is 7.25. The Hall–Kier alpha value is -2.73. The van der Waals surface area contributed by atoms with Crippen molar-refractivity contribution in [1.82, 2.24) is 15.3 Å². The van der Waals surface area contributed by atoms with E-state index in [2.05, 4.69) is 10.6 Å². The smallest absolute Gasteiger partial charge is 0.319 e. The molecule has 0 aliphatic carbocycles. The SMILES string of the molecule is CCCNC(=O)Nc1ccc2sc3nc4ccccc4nc3c2c1. The predicted molar refractivity (Wildman–Crippen MR) is 99.7 cm³/mol. The number of nitrogens with zero attached hydrogens (tertiary/aromatic N) is 2. The Labute approximate surface area is 142 Å². The minimum absolute atomic E-state index is 0.188. The first kappa shape index (κ1) is 14.8. The molecular formula is C18H16N4OS. The zero-order valence-electron chi connectivity index (χ0n) is 13.2. The molecule has 2 N–H and O–H groups in total. The number of benzene rings is 2. The lowest BCUT2D eigenvalue weighted by molar-refractivity contribution is 0.252. The number of rotatable bonds is 3. The van der Waals surface area contributed by atoms with E-state index in [1.807, 2.05) is 49.4 Å². The molecule has 0 radical (unpaired) electrons. The number of amides is 2. The van der Waals surface area contributed by atoms with E-state index in [9.17, 15) is 4.79 Å². The van der Waals surface area contributed by atoms with Crippen molar-refractivity contribution in [3.8, 4) is 0 Å². The summed E-state index contributed by atoms with van der Waals surface area (Å²) in [6.45, 7) is 2.68. The van der Waals surface area contributed by atoms with E-state index in [0.717, 1.165) is 43.6 Å². The van der Waals surface area contributed by atoms with E-state index in [1.54, 1.807) is 11.3 Å². The van der Waals surface area contributed by atoms with Crippen molar-refractivity contribution in [2.75, 3.05) is 11.9 Å². The lowest BCUT2D eigenvalue weighted by Gasteiger charge is -2.06. The van der Waals surface area contributed by atoms with Crippen LogP contribution in [0.5, 0.6) is 0 Å². The van der Waals surface area contributed by atoms with E-state index in [1.165, 1.54) is 0 Å². The highest BCUT2D eigenvalue weighted by atomic mass is 32.1. The molecule has 4 aromatic rings. The van der Waals surface area contributed by atoms with Gasteiger partial charge in [0.25, 0.3) is 0 Å². The Bertz CT molecular complexity index is 1060. The summed E-state index contributed by atoms with van der Waals surface area (Å²) in [5.74, 6) is 0. The van der Waals surface area contributed by atoms with Gasteiger partial charge < -0.3 is 10.6 Å². The van der Waals surface area contributed by atoms with Gasteiger partial charge in [0.1, 0.15) is 10.3 Å². The van der Waals surface area contributed by atoms with Gasteiger partial charge in [-0.1, -0.05) is 19.1 Å². The Morgan fingerprint density at radius 1 is 1.12 bits per heavy atom. The van der Waals surface area contributed by atoms with Crippen LogP contribution in [0.25, 0.3) is 31.5 Å². The van der Waals surface area contributed by atoms with Crippen molar-refractivity contribution in [3.63, 3.8) is 0 Å². The minimum atomic E-state index is -0.188. The van der Waals surface area contributed by atoms with Crippen LogP contribution < -0.4 is 10.6 Å². The van der Waals surface area contributed by atoms with Crippen molar-refractivity contribution in [1.29, 1.82) is 0 Å². The number of thiophene rings is 1. The van der Waals surface area contributed by atoms with Gasteiger partial charge in [-0.15, -0.1) is 11.3 Å². The number of nitrogens with one attached hydrogen (secondary N) is 2. The maximum atomic E-state index is 11.8. The molecular weight excluding hydrogens is 320 g/mol. The fraction of sp³-hybridized carbons (Fsp3) is 0.167. The van der Waals surface area contributed by atoms with Crippen molar-refractivity contribution in [3.05, 3.63) is 42.5 Å². The lowest BCUT2D eigenvalue weighted by atomic mass is 10.2. The first-order chi connectivity index (χ1) is 11.7. The molecule has 4 rings (SSSR count). The molecule has 5 nitrogen and oxygen atoms in total. The van der Waals surface area contributed by atoms with Gasteiger partial charge in [0.2, 0.25) is 0 Å². The molecule has 2 amide bonds. The van der Waals surface area contributed by atoms with Crippen LogP contribution in [-0.4, -0.2) is 22.5 Å². The van der Waals surface area contributed by atoms with Crippen LogP contribution in [0.4, 0.5) is 10.5 Å². The lowest BCUT2D eigenvalue weighted by Crippen LogP contribution is -2.29. The first-order valence-corrected chi connectivity index (χ1v) is 8.70. The molecule has 0 spiro atoms. The molecule has 0 aliphatic heterocycles. The minimum Gasteiger partial charge on any atom is -0.338 e. The molecule has 24 heavy (non-hydrogen) atoms. The molecule has 2 heterocycles. The van der Waals surface area contributed by atoms with E-state index >= 15 is 0 Å². The quantitative estimate of drug-likeness (QED) is 0.577. The zero-order chi connectivity index (χ0) is 16.5. The van der Waals surface area contributed by atoms with Gasteiger partial charge >= 0.3 is 6.03 Å². The monoisotopic (exact) mass is 336 g/mol. The van der Waals surface area contributed by atoms with Crippen LogP contribution in [0.2, 0.25) is 0 Å². The van der Waals surface area contributed by atoms with E-state index in [-0.39, 0.29) is 6.03 Å². The maximum Gasteiger partial charge on any atom is 0.319 e. The molecule has 6 heteroatoms. The van der Waals surface area contributed by atoms with Gasteiger partial charge in [0.15, 0.2) is 0 Å². The fourth-order valence-corrected chi connectivity index (χ4v) is 3.64. The second-order valence-electron chi connectivity index (χ2n) is 5.56. The van der Waals surface area contributed by atoms with Crippen LogP contribution in [-0.2, 0) is 0 Å². The molecule has 0 saturated heterocycles. The Morgan fingerprint density at radius 3 is 2.71 bits per heavy atom. The highest BCUT2D eigenvalue weighted by Crippen LogP contribution is 2.34. The Balaban J connectivity index is 1.78. The molecule has 0 fully saturated rings. The highest BCUT2D eigenvalue weighted by Gasteiger charge is 2.11. The maximum absolute atomic E-state index is 11.8. The summed E-state index contributed by atoms with van der Waals surface area (Å²) in [5.41, 5.74) is 3.41. The largest absolute Gasteiger partial charge is 0.338 e. The predicted octanol–water partition coefficient (Wildman–Crippen LogP) is 4.53. The number of hydrogen-bond acceptors (Lipinski definition) is 4. The number of fused-ring (bicyclic) bond motifs is 4. The van der Waals surface area contributed by atoms with Gasteiger partial charge in [-0.25, -0.2) is 14.8 Å². The summed E-state index contributed by atoms with van der Waals surface area (Å²) < 4.78 is 1.11. The van der Waals surface area contributed by atoms with E-state index < -0.39 is 0 Å². The van der Waals surface area contributed by atoms with Gasteiger partial charge in [-0.3, -0.25) is 0 Å². The normalized spacial score (nSPS) is 11.2. The van der Waals surface area contributed by atoms with E-state index in [4.69, 9.17) is 9.97 Å². The molecule has 0 bridgehead atoms. The summed E-state index contributed by atoms with van der Waals surface area (Å²) in [4.78, 5) is 22.2. The second kappa shape index (κ2) is 6.05. The standard InChI is InChI=1S/C18H16N4OS/c1-2-9-19-18(23)20-11-7-8-15-12(10-11)16-17(24-15)22-14-6-4-3-5-13(14)21-16/h3-8,10H,2,9H2,1H3,(H2,19,20,23). The van der Waals surface area contributed by atoms with Crippen LogP contribution in [0.3, 0.4) is 0 Å². The van der Waals surface area contributed by atoms with E-state index in [0.29, 0.717) is 6.54 Å². The molecule has 120 valence electrons. The molecule has 0 unspecified atom stereocenters. The van der Waals surface area contributed by atoms with Crippen molar-refractivity contribution in [2.45, 2.75) is 13.3 Å². The number of hydrogen-bond donors (Lipinski definition) is 2. The number of para-hydroxylation sites is 2. The average molecular weight is 336 g/mol. The van der Waals surface area contributed by atoms with Crippen LogP contribution >= 0.6 is 11.3 Å². The van der Waals surface area contributed by atoms with Crippen molar-refractivity contribution >= 4 is 54.5 Å². The zero-order valence-corrected chi connectivity index (χ0v) is 14.0. The molecule has 2 aromatic heterocycles. The van der Waals surface area contributed by atoms with Gasteiger partial charge in [-0.2, -0.15) is 0 Å². The third-order valence-electron chi connectivity index (χ3n) is 3.77. The summed E-state index contributed by atoms with van der Waals surface area (Å²) in [6, 6.07) is 13.5. The summed E-state index contributed by atoms with van der Waals surface area (Å²) in [7, 11) is 0. The summed E-state index contributed by atoms with van der Waals surface area (Å²) in [5, 5.41) is 6.69. The number of carbonyl (C=O) groups excluding carboxylic acids is 1. The van der Waals surface area contributed by atoms with Crippen LogP contribution in [0.1, 0.15) is 13.3 Å². The Kier molecular flexibility index (Phi) is 3.74. The average Bonchev–Trinajstić information content (AvgIpc) is 2.95. The molecule has 0 saturated carbocycles. The summed E-state index contributed by atoms with van der Waals surface area (Å²) >= 11 is 1.62. The second-order valence-corrected chi connectivity index (χ2v) is 6.59. The fourth-order valence-electron chi connectivity index (χ4n) is 2.63. The third-order valence-corrected chi connectivity index (χ3v) is 4.83. The van der Waals surface area contributed by atoms with Crippen molar-refractivity contribution in [2.24, 2.45) is 0 Å². The van der Waals surface area contributed by atoms with Crippen LogP contribution in [0.15, 0.2) is 42.5 Å². The number of anilines is 1. The number of aromatic nitrogens is 2. The first-order valence-electron chi connectivity index (χ1n) is 7.88. The van der Waals surface area contributed by atoms with Gasteiger partial charge in [0, 0.05) is 22.3 Å². The summed E-state index contributed by atoms with van der Waals surface area (Å²) in [6.07, 6.45) is 0.907. The van der Waals surface area contributed by atoms with Gasteiger partial charge in [0.05, 0.1) is 11.0 Å². The van der Waals surface area contributed by atoms with Crippen molar-refractivity contribution < 1.29 is 4.79 Å².